The van der Waals surface area contributed by atoms with Gasteiger partial charge in [0, 0.05) is 18.6 Å². The third-order valence-electron chi connectivity index (χ3n) is 4.88. The van der Waals surface area contributed by atoms with Crippen LogP contribution in [-0.4, -0.2) is 30.1 Å². The lowest BCUT2D eigenvalue weighted by atomic mass is 9.81. The van der Waals surface area contributed by atoms with Crippen LogP contribution in [0.1, 0.15) is 44.1 Å². The third kappa shape index (κ3) is 3.77. The number of halogens is 2. The van der Waals surface area contributed by atoms with Crippen LogP contribution in [-0.2, 0) is 6.54 Å². The molecular formula is C17H24ClFN2. The van der Waals surface area contributed by atoms with Gasteiger partial charge >= 0.3 is 0 Å². The first kappa shape index (κ1) is 15.3. The molecule has 1 heterocycles. The summed E-state index contributed by atoms with van der Waals surface area (Å²) in [6, 6.07) is 5.10. The fourth-order valence-corrected chi connectivity index (χ4v) is 4.02. The van der Waals surface area contributed by atoms with Gasteiger partial charge < -0.3 is 5.32 Å². The Labute approximate surface area is 131 Å². The minimum atomic E-state index is -0.332. The van der Waals surface area contributed by atoms with Crippen LogP contribution >= 0.6 is 11.6 Å². The molecule has 1 saturated carbocycles. The van der Waals surface area contributed by atoms with Gasteiger partial charge in [-0.05, 0) is 50.0 Å². The molecule has 0 amide bonds. The molecule has 1 aliphatic carbocycles. The van der Waals surface area contributed by atoms with E-state index in [4.69, 9.17) is 11.6 Å². The van der Waals surface area contributed by atoms with Gasteiger partial charge in [0.1, 0.15) is 5.82 Å². The van der Waals surface area contributed by atoms with Gasteiger partial charge in [-0.25, -0.2) is 4.39 Å². The highest BCUT2D eigenvalue weighted by Crippen LogP contribution is 2.31. The van der Waals surface area contributed by atoms with Crippen LogP contribution in [0.15, 0.2) is 18.2 Å². The normalized spacial score (nSPS) is 23.1. The topological polar surface area (TPSA) is 15.3 Å². The molecule has 1 N–H and O–H groups in total. The highest BCUT2D eigenvalue weighted by molar-refractivity contribution is 6.30. The summed E-state index contributed by atoms with van der Waals surface area (Å²) in [5.74, 6) is -0.332. The Kier molecular flexibility index (Phi) is 4.82. The van der Waals surface area contributed by atoms with Crippen molar-refractivity contribution < 1.29 is 4.39 Å². The van der Waals surface area contributed by atoms with Crippen LogP contribution in [0.2, 0.25) is 5.02 Å². The summed E-state index contributed by atoms with van der Waals surface area (Å²) in [6.45, 7) is 4.18. The predicted molar refractivity (Wildman–Crippen MR) is 85.1 cm³/mol. The summed E-state index contributed by atoms with van der Waals surface area (Å²) in [7, 11) is 0. The van der Waals surface area contributed by atoms with E-state index in [1.165, 1.54) is 44.6 Å². The van der Waals surface area contributed by atoms with E-state index in [9.17, 15) is 4.39 Å². The number of benzene rings is 1. The minimum Gasteiger partial charge on any atom is -0.310 e. The molecule has 1 aromatic rings. The Morgan fingerprint density at radius 1 is 1.19 bits per heavy atom. The van der Waals surface area contributed by atoms with Gasteiger partial charge in [-0.1, -0.05) is 36.9 Å². The van der Waals surface area contributed by atoms with Crippen molar-refractivity contribution in [3.05, 3.63) is 34.6 Å². The first-order valence-electron chi connectivity index (χ1n) is 8.08. The van der Waals surface area contributed by atoms with E-state index in [1.807, 2.05) is 6.07 Å². The van der Waals surface area contributed by atoms with Crippen LogP contribution in [0.5, 0.6) is 0 Å². The standard InChI is InChI=1S/C17H24ClFN2/c18-15-11-14(5-6-16(15)19)12-21-10-4-9-20-17(13-21)7-2-1-3-8-17/h5-6,11,20H,1-4,7-10,12-13H2. The monoisotopic (exact) mass is 310 g/mol. The number of nitrogens with zero attached hydrogens (tertiary/aromatic N) is 1. The van der Waals surface area contributed by atoms with Gasteiger partial charge in [0.05, 0.1) is 5.02 Å². The second-order valence-electron chi connectivity index (χ2n) is 6.58. The van der Waals surface area contributed by atoms with E-state index in [1.54, 1.807) is 6.07 Å². The number of hydrogen-bond acceptors (Lipinski definition) is 2. The number of nitrogens with one attached hydrogen (secondary N) is 1. The van der Waals surface area contributed by atoms with E-state index in [0.29, 0.717) is 5.54 Å². The van der Waals surface area contributed by atoms with Crippen LogP contribution in [0, 0.1) is 5.82 Å². The molecule has 2 fully saturated rings. The molecule has 2 nitrogen and oxygen atoms in total. The summed E-state index contributed by atoms with van der Waals surface area (Å²) in [5.41, 5.74) is 1.41. The maximum Gasteiger partial charge on any atom is 0.141 e. The van der Waals surface area contributed by atoms with Crippen molar-refractivity contribution in [1.82, 2.24) is 10.2 Å². The molecule has 1 saturated heterocycles. The van der Waals surface area contributed by atoms with Crippen LogP contribution < -0.4 is 5.32 Å². The molecule has 4 heteroatoms. The number of hydrogen-bond donors (Lipinski definition) is 1. The van der Waals surface area contributed by atoms with Gasteiger partial charge in [0.2, 0.25) is 0 Å². The van der Waals surface area contributed by atoms with Crippen molar-refractivity contribution in [1.29, 1.82) is 0 Å². The van der Waals surface area contributed by atoms with Gasteiger partial charge in [-0.3, -0.25) is 4.90 Å². The molecule has 1 spiro atoms. The van der Waals surface area contributed by atoms with Gasteiger partial charge in [-0.2, -0.15) is 0 Å². The van der Waals surface area contributed by atoms with Crippen molar-refractivity contribution in [2.75, 3.05) is 19.6 Å². The quantitative estimate of drug-likeness (QED) is 0.889. The molecule has 0 bridgehead atoms. The second kappa shape index (κ2) is 6.64. The molecule has 1 aromatic carbocycles. The van der Waals surface area contributed by atoms with Gasteiger partial charge in [0.25, 0.3) is 0 Å². The van der Waals surface area contributed by atoms with Crippen molar-refractivity contribution in [3.8, 4) is 0 Å². The Balaban J connectivity index is 1.69. The lowest BCUT2D eigenvalue weighted by molar-refractivity contribution is 0.159. The maximum absolute atomic E-state index is 13.3. The molecule has 116 valence electrons. The lowest BCUT2D eigenvalue weighted by Gasteiger charge is -2.40. The minimum absolute atomic E-state index is 0.229. The lowest BCUT2D eigenvalue weighted by Crippen LogP contribution is -2.52. The van der Waals surface area contributed by atoms with Crippen LogP contribution in [0.4, 0.5) is 4.39 Å². The summed E-state index contributed by atoms with van der Waals surface area (Å²) in [5, 5.41) is 4.03. The van der Waals surface area contributed by atoms with Crippen molar-refractivity contribution in [3.63, 3.8) is 0 Å². The molecule has 21 heavy (non-hydrogen) atoms. The SMILES string of the molecule is Fc1ccc(CN2CCCNC3(CCCCC3)C2)cc1Cl. The number of rotatable bonds is 2. The van der Waals surface area contributed by atoms with E-state index in [0.717, 1.165) is 31.7 Å². The average molecular weight is 311 g/mol. The summed E-state index contributed by atoms with van der Waals surface area (Å²) < 4.78 is 13.3. The Morgan fingerprint density at radius 2 is 2.00 bits per heavy atom. The molecule has 1 aliphatic heterocycles. The molecule has 0 unspecified atom stereocenters. The van der Waals surface area contributed by atoms with Gasteiger partial charge in [0.15, 0.2) is 0 Å². The molecule has 0 atom stereocenters. The largest absolute Gasteiger partial charge is 0.310 e. The van der Waals surface area contributed by atoms with Gasteiger partial charge in [-0.15, -0.1) is 0 Å². The van der Waals surface area contributed by atoms with Crippen molar-refractivity contribution in [2.24, 2.45) is 0 Å². The van der Waals surface area contributed by atoms with Crippen LogP contribution in [0.3, 0.4) is 0 Å². The average Bonchev–Trinajstić information content (AvgIpc) is 2.66. The van der Waals surface area contributed by atoms with E-state index < -0.39 is 0 Å². The van der Waals surface area contributed by atoms with Crippen molar-refractivity contribution >= 4 is 11.6 Å². The summed E-state index contributed by atoms with van der Waals surface area (Å²) in [6.07, 6.45) is 7.79. The molecule has 3 rings (SSSR count). The first-order chi connectivity index (χ1) is 10.2. The Hall–Kier alpha value is -0.640. The van der Waals surface area contributed by atoms with E-state index >= 15 is 0 Å². The van der Waals surface area contributed by atoms with E-state index in [2.05, 4.69) is 10.2 Å². The fourth-order valence-electron chi connectivity index (χ4n) is 3.81. The second-order valence-corrected chi connectivity index (χ2v) is 6.99. The summed E-state index contributed by atoms with van der Waals surface area (Å²) in [4.78, 5) is 2.51. The Bertz CT molecular complexity index is 486. The first-order valence-corrected chi connectivity index (χ1v) is 8.46. The molecule has 2 aliphatic rings. The summed E-state index contributed by atoms with van der Waals surface area (Å²) >= 11 is 5.90. The fraction of sp³-hybridized carbons (Fsp3) is 0.647. The van der Waals surface area contributed by atoms with Crippen LogP contribution in [0.25, 0.3) is 0 Å². The smallest absolute Gasteiger partial charge is 0.141 e. The highest BCUT2D eigenvalue weighted by Gasteiger charge is 2.34. The van der Waals surface area contributed by atoms with E-state index in [-0.39, 0.29) is 10.8 Å². The molecule has 0 aromatic heterocycles. The molecule has 0 radical (unpaired) electrons. The zero-order chi connectivity index (χ0) is 14.7. The highest BCUT2D eigenvalue weighted by atomic mass is 35.5. The Morgan fingerprint density at radius 3 is 2.76 bits per heavy atom. The third-order valence-corrected chi connectivity index (χ3v) is 5.17. The zero-order valence-corrected chi connectivity index (χ0v) is 13.3. The molecular weight excluding hydrogens is 287 g/mol. The maximum atomic E-state index is 13.3. The predicted octanol–water partition coefficient (Wildman–Crippen LogP) is 3.98. The zero-order valence-electron chi connectivity index (χ0n) is 12.5. The van der Waals surface area contributed by atoms with Crippen molar-refractivity contribution in [2.45, 2.75) is 50.6 Å².